The molecule has 1 aromatic heterocycles. The van der Waals surface area contributed by atoms with Gasteiger partial charge in [-0.25, -0.2) is 4.98 Å². The first-order valence-corrected chi connectivity index (χ1v) is 6.67. The molecule has 0 fully saturated rings. The average molecular weight is 346 g/mol. The fourth-order valence-corrected chi connectivity index (χ4v) is 2.17. The van der Waals surface area contributed by atoms with E-state index in [0.29, 0.717) is 28.1 Å². The molecule has 0 bridgehead atoms. The van der Waals surface area contributed by atoms with Gasteiger partial charge in [-0.15, -0.1) is 0 Å². The van der Waals surface area contributed by atoms with Crippen molar-refractivity contribution in [1.82, 2.24) is 4.98 Å². The van der Waals surface area contributed by atoms with Crippen molar-refractivity contribution >= 4 is 15.9 Å². The molecule has 6 heteroatoms. The first-order valence-electron chi connectivity index (χ1n) is 5.88. The minimum Gasteiger partial charge on any atom is -0.478 e. The molecule has 0 saturated carbocycles. The summed E-state index contributed by atoms with van der Waals surface area (Å²) >= 11 is 3.26. The molecule has 0 aliphatic rings. The van der Waals surface area contributed by atoms with Crippen molar-refractivity contribution in [3.05, 3.63) is 46.6 Å². The van der Waals surface area contributed by atoms with Gasteiger partial charge < -0.3 is 4.74 Å². The summed E-state index contributed by atoms with van der Waals surface area (Å²) in [5.41, 5.74) is 0.339. The van der Waals surface area contributed by atoms with E-state index in [1.807, 2.05) is 6.92 Å². The smallest absolute Gasteiger partial charge is 0.416 e. The maximum absolute atomic E-state index is 12.7. The number of benzene rings is 1. The first kappa shape index (κ1) is 14.8. The van der Waals surface area contributed by atoms with Crippen LogP contribution in [-0.2, 0) is 6.18 Å². The van der Waals surface area contributed by atoms with Crippen molar-refractivity contribution in [2.45, 2.75) is 13.1 Å². The number of hydrogen-bond donors (Lipinski definition) is 0. The lowest BCUT2D eigenvalue weighted by Crippen LogP contribution is -2.04. The summed E-state index contributed by atoms with van der Waals surface area (Å²) in [5.74, 6) is 0.444. The van der Waals surface area contributed by atoms with Gasteiger partial charge >= 0.3 is 6.18 Å². The second kappa shape index (κ2) is 5.83. The zero-order valence-electron chi connectivity index (χ0n) is 10.5. The molecular formula is C14H11BrF3NO. The second-order valence-electron chi connectivity index (χ2n) is 4.01. The third-order valence-corrected chi connectivity index (χ3v) is 3.32. The normalized spacial score (nSPS) is 11.4. The van der Waals surface area contributed by atoms with Gasteiger partial charge in [0, 0.05) is 22.3 Å². The Morgan fingerprint density at radius 1 is 1.20 bits per heavy atom. The van der Waals surface area contributed by atoms with Crippen molar-refractivity contribution in [1.29, 1.82) is 0 Å². The van der Waals surface area contributed by atoms with E-state index >= 15 is 0 Å². The molecular weight excluding hydrogens is 335 g/mol. The highest BCUT2D eigenvalue weighted by Crippen LogP contribution is 2.36. The number of rotatable bonds is 3. The van der Waals surface area contributed by atoms with E-state index in [4.69, 9.17) is 4.74 Å². The van der Waals surface area contributed by atoms with Gasteiger partial charge in [0.25, 0.3) is 0 Å². The predicted molar refractivity (Wildman–Crippen MR) is 73.5 cm³/mol. The van der Waals surface area contributed by atoms with Crippen LogP contribution in [0, 0.1) is 0 Å². The molecule has 0 atom stereocenters. The van der Waals surface area contributed by atoms with Crippen LogP contribution in [0.5, 0.6) is 5.88 Å². The van der Waals surface area contributed by atoms with Crippen LogP contribution in [0.25, 0.3) is 11.1 Å². The van der Waals surface area contributed by atoms with E-state index in [9.17, 15) is 13.2 Å². The minimum absolute atomic E-state index is 0.440. The average Bonchev–Trinajstić information content (AvgIpc) is 2.39. The number of pyridine rings is 1. The van der Waals surface area contributed by atoms with E-state index in [2.05, 4.69) is 20.9 Å². The van der Waals surface area contributed by atoms with Gasteiger partial charge in [-0.3, -0.25) is 0 Å². The highest BCUT2D eigenvalue weighted by molar-refractivity contribution is 9.10. The summed E-state index contributed by atoms with van der Waals surface area (Å²) in [6.45, 7) is 2.32. The molecule has 106 valence electrons. The number of ether oxygens (including phenoxy) is 1. The minimum atomic E-state index is -4.37. The van der Waals surface area contributed by atoms with Crippen molar-refractivity contribution in [3.8, 4) is 17.0 Å². The van der Waals surface area contributed by atoms with E-state index in [1.165, 1.54) is 12.3 Å². The maximum atomic E-state index is 12.7. The summed E-state index contributed by atoms with van der Waals surface area (Å²) in [6.07, 6.45) is -2.88. The van der Waals surface area contributed by atoms with Crippen molar-refractivity contribution < 1.29 is 17.9 Å². The maximum Gasteiger partial charge on any atom is 0.416 e. The molecule has 2 nitrogen and oxygen atoms in total. The van der Waals surface area contributed by atoms with Crippen molar-refractivity contribution in [3.63, 3.8) is 0 Å². The summed E-state index contributed by atoms with van der Waals surface area (Å²) < 4.78 is 44.0. The largest absolute Gasteiger partial charge is 0.478 e. The second-order valence-corrected chi connectivity index (χ2v) is 4.86. The van der Waals surface area contributed by atoms with Gasteiger partial charge in [-0.2, -0.15) is 13.2 Å². The van der Waals surface area contributed by atoms with Gasteiger partial charge in [-0.1, -0.05) is 15.9 Å². The van der Waals surface area contributed by atoms with Crippen LogP contribution >= 0.6 is 15.9 Å². The van der Waals surface area contributed by atoms with Crippen LogP contribution in [0.3, 0.4) is 0 Å². The number of alkyl halides is 3. The summed E-state index contributed by atoms with van der Waals surface area (Å²) in [7, 11) is 0. The number of aromatic nitrogens is 1. The lowest BCUT2D eigenvalue weighted by Gasteiger charge is -2.11. The Labute approximate surface area is 122 Å². The molecule has 20 heavy (non-hydrogen) atoms. The van der Waals surface area contributed by atoms with E-state index < -0.39 is 11.7 Å². The van der Waals surface area contributed by atoms with Crippen LogP contribution in [0.2, 0.25) is 0 Å². The molecule has 0 unspecified atom stereocenters. The van der Waals surface area contributed by atoms with Crippen LogP contribution in [0.15, 0.2) is 41.0 Å². The molecule has 0 aliphatic heterocycles. The zero-order valence-corrected chi connectivity index (χ0v) is 12.1. The summed E-state index contributed by atoms with van der Waals surface area (Å²) in [4.78, 5) is 4.05. The molecule has 1 aromatic carbocycles. The van der Waals surface area contributed by atoms with Gasteiger partial charge in [0.2, 0.25) is 5.88 Å². The fourth-order valence-electron chi connectivity index (χ4n) is 1.70. The highest BCUT2D eigenvalue weighted by Gasteiger charge is 2.31. The third-order valence-electron chi connectivity index (χ3n) is 2.63. The Kier molecular flexibility index (Phi) is 4.32. The summed E-state index contributed by atoms with van der Waals surface area (Å²) in [6, 6.07) is 6.83. The van der Waals surface area contributed by atoms with Crippen LogP contribution in [0.1, 0.15) is 12.5 Å². The van der Waals surface area contributed by atoms with Crippen LogP contribution in [0.4, 0.5) is 13.2 Å². The molecule has 2 aromatic rings. The van der Waals surface area contributed by atoms with Crippen LogP contribution in [-0.4, -0.2) is 11.6 Å². The number of halogens is 4. The standard InChI is InChI=1S/C14H11BrF3NO/c1-2-20-13-6-3-9(8-19-13)11-7-10(14(16,17)18)4-5-12(11)15/h3-8H,2H2,1H3. The Balaban J connectivity index is 2.41. The van der Waals surface area contributed by atoms with E-state index in [1.54, 1.807) is 12.1 Å². The molecule has 2 rings (SSSR count). The van der Waals surface area contributed by atoms with Gasteiger partial charge in [0.15, 0.2) is 0 Å². The summed E-state index contributed by atoms with van der Waals surface area (Å²) in [5, 5.41) is 0. The van der Waals surface area contributed by atoms with Crippen molar-refractivity contribution in [2.75, 3.05) is 6.61 Å². The van der Waals surface area contributed by atoms with Crippen molar-refractivity contribution in [2.24, 2.45) is 0 Å². The first-order chi connectivity index (χ1) is 9.41. The highest BCUT2D eigenvalue weighted by atomic mass is 79.9. The topological polar surface area (TPSA) is 22.1 Å². The molecule has 0 spiro atoms. The molecule has 0 saturated heterocycles. The lowest BCUT2D eigenvalue weighted by atomic mass is 10.0. The molecule has 0 radical (unpaired) electrons. The van der Waals surface area contributed by atoms with Gasteiger partial charge in [0.05, 0.1) is 12.2 Å². The van der Waals surface area contributed by atoms with Gasteiger partial charge in [-0.05, 0) is 36.8 Å². The predicted octanol–water partition coefficient (Wildman–Crippen LogP) is 4.93. The zero-order chi connectivity index (χ0) is 14.8. The Hall–Kier alpha value is -1.56. The lowest BCUT2D eigenvalue weighted by molar-refractivity contribution is -0.137. The Bertz CT molecular complexity index is 596. The molecule has 1 heterocycles. The Morgan fingerprint density at radius 3 is 2.50 bits per heavy atom. The fraction of sp³-hybridized carbons (Fsp3) is 0.214. The Morgan fingerprint density at radius 2 is 1.95 bits per heavy atom. The van der Waals surface area contributed by atoms with E-state index in [-0.39, 0.29) is 0 Å². The SMILES string of the molecule is CCOc1ccc(-c2cc(C(F)(F)F)ccc2Br)cn1. The molecule has 0 amide bonds. The monoisotopic (exact) mass is 345 g/mol. The molecule has 0 N–H and O–H groups in total. The van der Waals surface area contributed by atoms with E-state index in [0.717, 1.165) is 12.1 Å². The van der Waals surface area contributed by atoms with Crippen LogP contribution < -0.4 is 4.74 Å². The molecule has 0 aliphatic carbocycles. The quantitative estimate of drug-likeness (QED) is 0.786. The number of nitrogens with zero attached hydrogens (tertiary/aromatic N) is 1. The van der Waals surface area contributed by atoms with Gasteiger partial charge in [0.1, 0.15) is 0 Å². The number of hydrogen-bond acceptors (Lipinski definition) is 2. The third kappa shape index (κ3) is 3.30.